The zero-order chi connectivity index (χ0) is 12.6. The molecular formula is C14H17Cl2N. The molecule has 0 aliphatic heterocycles. The second-order valence-electron chi connectivity index (χ2n) is 5.64. The summed E-state index contributed by atoms with van der Waals surface area (Å²) in [6, 6.07) is 5.82. The molecule has 0 unspecified atom stereocenters. The fraction of sp³-hybridized carbons (Fsp3) is 0.429. The van der Waals surface area contributed by atoms with Crippen LogP contribution in [0.5, 0.6) is 0 Å². The third-order valence-electron chi connectivity index (χ3n) is 2.91. The molecule has 2 rings (SSSR count). The van der Waals surface area contributed by atoms with Crippen LogP contribution in [-0.4, -0.2) is 4.57 Å². The lowest BCUT2D eigenvalue weighted by Crippen LogP contribution is -2.09. The summed E-state index contributed by atoms with van der Waals surface area (Å²) in [5, 5.41) is 2.49. The molecule has 0 spiro atoms. The molecule has 0 N–H and O–H groups in total. The van der Waals surface area contributed by atoms with Gasteiger partial charge in [-0.2, -0.15) is 0 Å². The molecule has 0 aliphatic rings. The average Bonchev–Trinajstić information content (AvgIpc) is 2.57. The molecule has 0 bridgehead atoms. The molecule has 0 saturated heterocycles. The van der Waals surface area contributed by atoms with Crippen molar-refractivity contribution < 1.29 is 0 Å². The smallest absolute Gasteiger partial charge is 0.0514 e. The van der Waals surface area contributed by atoms with Crippen LogP contribution in [0.25, 0.3) is 10.9 Å². The molecule has 0 atom stereocenters. The Hall–Kier alpha value is -0.660. The Morgan fingerprint density at radius 1 is 1.18 bits per heavy atom. The minimum Gasteiger partial charge on any atom is -0.347 e. The van der Waals surface area contributed by atoms with Crippen LogP contribution in [0, 0.1) is 5.41 Å². The first-order valence-electron chi connectivity index (χ1n) is 5.81. The molecule has 1 heterocycles. The number of aromatic nitrogens is 1. The normalized spacial score (nSPS) is 12.3. The van der Waals surface area contributed by atoms with E-state index < -0.39 is 0 Å². The van der Waals surface area contributed by atoms with E-state index in [1.54, 1.807) is 6.07 Å². The zero-order valence-corrected chi connectivity index (χ0v) is 11.9. The topological polar surface area (TPSA) is 4.93 Å². The number of hydrogen-bond acceptors (Lipinski definition) is 0. The molecule has 0 saturated carbocycles. The molecular weight excluding hydrogens is 253 g/mol. The summed E-state index contributed by atoms with van der Waals surface area (Å²) in [6.07, 6.45) is 3.21. The van der Waals surface area contributed by atoms with Crippen molar-refractivity contribution in [2.24, 2.45) is 5.41 Å². The highest BCUT2D eigenvalue weighted by Crippen LogP contribution is 2.29. The molecule has 17 heavy (non-hydrogen) atoms. The quantitative estimate of drug-likeness (QED) is 0.690. The van der Waals surface area contributed by atoms with Crippen LogP contribution in [-0.2, 0) is 6.54 Å². The van der Waals surface area contributed by atoms with Crippen molar-refractivity contribution in [1.29, 1.82) is 0 Å². The molecule has 0 aliphatic carbocycles. The maximum Gasteiger partial charge on any atom is 0.0514 e. The largest absolute Gasteiger partial charge is 0.347 e. The van der Waals surface area contributed by atoms with Gasteiger partial charge in [-0.1, -0.05) is 44.0 Å². The molecule has 1 nitrogen and oxygen atoms in total. The van der Waals surface area contributed by atoms with Gasteiger partial charge in [-0.3, -0.25) is 0 Å². The van der Waals surface area contributed by atoms with Gasteiger partial charge in [0.15, 0.2) is 0 Å². The van der Waals surface area contributed by atoms with Crippen LogP contribution >= 0.6 is 23.2 Å². The first-order valence-corrected chi connectivity index (χ1v) is 6.56. The molecule has 1 aromatic heterocycles. The van der Waals surface area contributed by atoms with Gasteiger partial charge in [-0.05, 0) is 30.0 Å². The van der Waals surface area contributed by atoms with E-state index in [0.717, 1.165) is 28.9 Å². The number of benzene rings is 1. The summed E-state index contributed by atoms with van der Waals surface area (Å²) in [7, 11) is 0. The predicted molar refractivity (Wildman–Crippen MR) is 76.0 cm³/mol. The summed E-state index contributed by atoms with van der Waals surface area (Å²) >= 11 is 12.2. The van der Waals surface area contributed by atoms with E-state index in [2.05, 4.69) is 37.6 Å². The summed E-state index contributed by atoms with van der Waals surface area (Å²) in [4.78, 5) is 0. The Balaban J connectivity index is 2.36. The third kappa shape index (κ3) is 2.97. The molecule has 3 heteroatoms. The highest BCUT2D eigenvalue weighted by molar-refractivity contribution is 6.38. The van der Waals surface area contributed by atoms with E-state index in [1.165, 1.54) is 0 Å². The molecule has 1 aromatic carbocycles. The average molecular weight is 270 g/mol. The van der Waals surface area contributed by atoms with Crippen molar-refractivity contribution in [1.82, 2.24) is 4.57 Å². The second-order valence-corrected chi connectivity index (χ2v) is 6.48. The van der Waals surface area contributed by atoms with Crippen molar-refractivity contribution >= 4 is 34.1 Å². The fourth-order valence-corrected chi connectivity index (χ4v) is 2.42. The summed E-state index contributed by atoms with van der Waals surface area (Å²) in [5.41, 5.74) is 1.45. The van der Waals surface area contributed by atoms with Gasteiger partial charge < -0.3 is 4.57 Å². The highest BCUT2D eigenvalue weighted by atomic mass is 35.5. The highest BCUT2D eigenvalue weighted by Gasteiger charge is 2.12. The van der Waals surface area contributed by atoms with Crippen molar-refractivity contribution in [3.05, 3.63) is 34.4 Å². The van der Waals surface area contributed by atoms with Crippen LogP contribution in [0.3, 0.4) is 0 Å². The molecule has 0 amide bonds. The van der Waals surface area contributed by atoms with Gasteiger partial charge in [0.2, 0.25) is 0 Å². The number of nitrogens with zero attached hydrogens (tertiary/aromatic N) is 1. The monoisotopic (exact) mass is 269 g/mol. The van der Waals surface area contributed by atoms with Crippen molar-refractivity contribution in [2.75, 3.05) is 0 Å². The minimum atomic E-state index is 0.332. The third-order valence-corrected chi connectivity index (χ3v) is 3.44. The maximum absolute atomic E-state index is 6.17. The van der Waals surface area contributed by atoms with Crippen molar-refractivity contribution in [2.45, 2.75) is 33.7 Å². The second kappa shape index (κ2) is 4.55. The van der Waals surface area contributed by atoms with Crippen LogP contribution in [0.2, 0.25) is 10.0 Å². The van der Waals surface area contributed by atoms with Crippen LogP contribution in [0.1, 0.15) is 27.2 Å². The summed E-state index contributed by atoms with van der Waals surface area (Å²) < 4.78 is 2.22. The van der Waals surface area contributed by atoms with Gasteiger partial charge in [0, 0.05) is 23.2 Å². The van der Waals surface area contributed by atoms with E-state index in [1.807, 2.05) is 6.07 Å². The van der Waals surface area contributed by atoms with E-state index in [4.69, 9.17) is 23.2 Å². The zero-order valence-electron chi connectivity index (χ0n) is 10.4. The van der Waals surface area contributed by atoms with E-state index in [0.29, 0.717) is 10.4 Å². The molecule has 0 fully saturated rings. The fourth-order valence-electron chi connectivity index (χ4n) is 1.87. The van der Waals surface area contributed by atoms with Crippen molar-refractivity contribution in [3.63, 3.8) is 0 Å². The van der Waals surface area contributed by atoms with Gasteiger partial charge in [0.1, 0.15) is 0 Å². The Bertz CT molecular complexity index is 535. The number of aryl methyl sites for hydroxylation is 1. The van der Waals surface area contributed by atoms with Crippen LogP contribution in [0.15, 0.2) is 24.4 Å². The summed E-state index contributed by atoms with van der Waals surface area (Å²) in [6.45, 7) is 7.74. The van der Waals surface area contributed by atoms with E-state index in [-0.39, 0.29) is 0 Å². The van der Waals surface area contributed by atoms with Crippen LogP contribution in [0.4, 0.5) is 0 Å². The Morgan fingerprint density at radius 3 is 2.53 bits per heavy atom. The van der Waals surface area contributed by atoms with Gasteiger partial charge in [0.05, 0.1) is 10.5 Å². The number of fused-ring (bicyclic) bond motifs is 1. The lowest BCUT2D eigenvalue weighted by Gasteiger charge is -2.18. The Morgan fingerprint density at radius 2 is 1.88 bits per heavy atom. The van der Waals surface area contributed by atoms with Crippen LogP contribution < -0.4 is 0 Å². The Kier molecular flexibility index (Phi) is 3.42. The Labute approximate surface area is 112 Å². The first kappa shape index (κ1) is 12.8. The van der Waals surface area contributed by atoms with Gasteiger partial charge in [-0.15, -0.1) is 0 Å². The predicted octanol–water partition coefficient (Wildman–Crippen LogP) is 5.38. The molecule has 92 valence electrons. The standard InChI is InChI=1S/C14H17Cl2N/c1-14(2,3)5-7-17-6-4-11-12(16)8-10(15)9-13(11)17/h4,6,8-9H,5,7H2,1-3H3. The number of hydrogen-bond donors (Lipinski definition) is 0. The summed E-state index contributed by atoms with van der Waals surface area (Å²) in [5.74, 6) is 0. The van der Waals surface area contributed by atoms with Gasteiger partial charge >= 0.3 is 0 Å². The first-order chi connectivity index (χ1) is 7.87. The minimum absolute atomic E-state index is 0.332. The number of rotatable bonds is 2. The molecule has 0 radical (unpaired) electrons. The lowest BCUT2D eigenvalue weighted by molar-refractivity contribution is 0.353. The van der Waals surface area contributed by atoms with Gasteiger partial charge in [0.25, 0.3) is 0 Å². The molecule has 2 aromatic rings. The van der Waals surface area contributed by atoms with E-state index >= 15 is 0 Å². The number of halogens is 2. The SMILES string of the molecule is CC(C)(C)CCn1ccc2c(Cl)cc(Cl)cc21. The van der Waals surface area contributed by atoms with E-state index in [9.17, 15) is 0 Å². The van der Waals surface area contributed by atoms with Crippen molar-refractivity contribution in [3.8, 4) is 0 Å². The lowest BCUT2D eigenvalue weighted by atomic mass is 9.92. The van der Waals surface area contributed by atoms with Gasteiger partial charge in [-0.25, -0.2) is 0 Å². The maximum atomic E-state index is 6.17.